The molecule has 17 heavy (non-hydrogen) atoms. The summed E-state index contributed by atoms with van der Waals surface area (Å²) >= 11 is 10.5. The Morgan fingerprint density at radius 3 is 2.65 bits per heavy atom. The molecular weight excluding hydrogens is 326 g/mol. The molecule has 2 aromatic rings. The highest BCUT2D eigenvalue weighted by Crippen LogP contribution is 2.31. The molecule has 0 aliphatic heterocycles. The van der Waals surface area contributed by atoms with Gasteiger partial charge in [-0.1, -0.05) is 39.7 Å². The lowest BCUT2D eigenvalue weighted by Gasteiger charge is -1.95. The number of hydrogen-bond donors (Lipinski definition) is 0. The Morgan fingerprint density at radius 2 is 2.06 bits per heavy atom. The van der Waals surface area contributed by atoms with Crippen LogP contribution < -0.4 is 0 Å². The molecule has 0 bridgehead atoms. The third kappa shape index (κ3) is 2.68. The number of nitrogens with zero attached hydrogens (tertiary/aromatic N) is 1. The minimum Gasteiger partial charge on any atom is -0.465 e. The third-order valence-electron chi connectivity index (χ3n) is 2.05. The zero-order chi connectivity index (χ0) is 12.4. The summed E-state index contributed by atoms with van der Waals surface area (Å²) in [5.41, 5.74) is 0.912. The predicted molar refractivity (Wildman–Crippen MR) is 71.6 cm³/mol. The lowest BCUT2D eigenvalue weighted by molar-refractivity contribution is 0.0606. The summed E-state index contributed by atoms with van der Waals surface area (Å²) in [5.74, 6) is -0.462. The van der Waals surface area contributed by atoms with Crippen molar-refractivity contribution in [3.63, 3.8) is 0 Å². The molecule has 88 valence electrons. The van der Waals surface area contributed by atoms with Gasteiger partial charge in [0.2, 0.25) is 0 Å². The maximum Gasteiger partial charge on any atom is 0.351 e. The fraction of sp³-hybridized carbons (Fsp3) is 0.0909. The molecule has 1 aromatic heterocycles. The SMILES string of the molecule is COC(=O)c1sc(-c2ccc(Br)cc2)nc1Cl. The third-order valence-corrected chi connectivity index (χ3v) is 4.05. The first-order valence-electron chi connectivity index (χ1n) is 4.62. The van der Waals surface area contributed by atoms with Crippen molar-refractivity contribution >= 4 is 44.8 Å². The van der Waals surface area contributed by atoms with Gasteiger partial charge in [0.05, 0.1) is 7.11 Å². The largest absolute Gasteiger partial charge is 0.465 e. The molecule has 0 unspecified atom stereocenters. The zero-order valence-corrected chi connectivity index (χ0v) is 11.9. The number of carbonyl (C=O) groups excluding carboxylic acids is 1. The molecule has 0 saturated carbocycles. The molecule has 1 aromatic carbocycles. The van der Waals surface area contributed by atoms with Crippen LogP contribution in [0.15, 0.2) is 28.7 Å². The van der Waals surface area contributed by atoms with E-state index in [4.69, 9.17) is 11.6 Å². The van der Waals surface area contributed by atoms with Gasteiger partial charge in [-0.3, -0.25) is 0 Å². The second kappa shape index (κ2) is 5.16. The van der Waals surface area contributed by atoms with Crippen molar-refractivity contribution in [2.24, 2.45) is 0 Å². The molecule has 0 aliphatic carbocycles. The molecule has 0 amide bonds. The maximum absolute atomic E-state index is 11.4. The molecule has 0 atom stereocenters. The maximum atomic E-state index is 11.4. The Morgan fingerprint density at radius 1 is 1.41 bits per heavy atom. The number of thiazole rings is 1. The number of hydrogen-bond acceptors (Lipinski definition) is 4. The van der Waals surface area contributed by atoms with Gasteiger partial charge in [0.25, 0.3) is 0 Å². The topological polar surface area (TPSA) is 39.2 Å². The first-order chi connectivity index (χ1) is 8.11. The standard InChI is InChI=1S/C11H7BrClNO2S/c1-16-11(15)8-9(13)14-10(17-8)6-2-4-7(12)5-3-6/h2-5H,1H3. The van der Waals surface area contributed by atoms with E-state index in [1.54, 1.807) is 0 Å². The number of benzene rings is 1. The lowest BCUT2D eigenvalue weighted by atomic mass is 10.2. The van der Waals surface area contributed by atoms with E-state index >= 15 is 0 Å². The van der Waals surface area contributed by atoms with Crippen LogP contribution in [-0.4, -0.2) is 18.1 Å². The van der Waals surface area contributed by atoms with E-state index in [0.29, 0.717) is 9.88 Å². The fourth-order valence-electron chi connectivity index (χ4n) is 1.24. The van der Waals surface area contributed by atoms with Crippen molar-refractivity contribution in [2.45, 2.75) is 0 Å². The van der Waals surface area contributed by atoms with Crippen LogP contribution >= 0.6 is 38.9 Å². The summed E-state index contributed by atoms with van der Waals surface area (Å²) in [6.45, 7) is 0. The Bertz CT molecular complexity index is 553. The van der Waals surface area contributed by atoms with E-state index in [1.807, 2.05) is 24.3 Å². The molecule has 0 radical (unpaired) electrons. The van der Waals surface area contributed by atoms with Crippen LogP contribution in [0.3, 0.4) is 0 Å². The number of carbonyl (C=O) groups is 1. The molecular formula is C11H7BrClNO2S. The van der Waals surface area contributed by atoms with Crippen LogP contribution in [0.25, 0.3) is 10.6 Å². The summed E-state index contributed by atoms with van der Waals surface area (Å²) in [6, 6.07) is 7.62. The van der Waals surface area contributed by atoms with Gasteiger partial charge < -0.3 is 4.74 Å². The van der Waals surface area contributed by atoms with Gasteiger partial charge in [-0.2, -0.15) is 0 Å². The Kier molecular flexibility index (Phi) is 3.81. The average Bonchev–Trinajstić information content (AvgIpc) is 2.71. The predicted octanol–water partition coefficient (Wildman–Crippen LogP) is 4.01. The van der Waals surface area contributed by atoms with Crippen molar-refractivity contribution in [3.05, 3.63) is 38.8 Å². The first kappa shape index (κ1) is 12.5. The normalized spacial score (nSPS) is 10.3. The Balaban J connectivity index is 2.41. The number of methoxy groups -OCH3 is 1. The average molecular weight is 333 g/mol. The van der Waals surface area contributed by atoms with Crippen molar-refractivity contribution in [3.8, 4) is 10.6 Å². The van der Waals surface area contributed by atoms with Crippen LogP contribution in [0.2, 0.25) is 5.15 Å². The minimum absolute atomic E-state index is 0.180. The van der Waals surface area contributed by atoms with Crippen LogP contribution in [0.5, 0.6) is 0 Å². The van der Waals surface area contributed by atoms with E-state index in [2.05, 4.69) is 25.7 Å². The molecule has 2 rings (SSSR count). The highest BCUT2D eigenvalue weighted by Gasteiger charge is 2.17. The highest BCUT2D eigenvalue weighted by atomic mass is 79.9. The van der Waals surface area contributed by atoms with Crippen LogP contribution in [-0.2, 0) is 4.74 Å². The van der Waals surface area contributed by atoms with E-state index in [1.165, 1.54) is 18.4 Å². The summed E-state index contributed by atoms with van der Waals surface area (Å²) in [6.07, 6.45) is 0. The Hall–Kier alpha value is -0.910. The number of ether oxygens (including phenoxy) is 1. The van der Waals surface area contributed by atoms with Gasteiger partial charge in [-0.05, 0) is 12.1 Å². The molecule has 0 fully saturated rings. The smallest absolute Gasteiger partial charge is 0.351 e. The van der Waals surface area contributed by atoms with Gasteiger partial charge in [0, 0.05) is 10.0 Å². The molecule has 0 aliphatic rings. The monoisotopic (exact) mass is 331 g/mol. The van der Waals surface area contributed by atoms with Gasteiger partial charge in [0.1, 0.15) is 5.01 Å². The van der Waals surface area contributed by atoms with Gasteiger partial charge in [-0.25, -0.2) is 9.78 Å². The molecule has 3 nitrogen and oxygen atoms in total. The summed E-state index contributed by atoms with van der Waals surface area (Å²) in [4.78, 5) is 15.9. The second-order valence-corrected chi connectivity index (χ2v) is 5.41. The van der Waals surface area contributed by atoms with Crippen molar-refractivity contribution in [1.82, 2.24) is 4.98 Å². The molecule has 0 spiro atoms. The van der Waals surface area contributed by atoms with Crippen LogP contribution in [0.4, 0.5) is 0 Å². The van der Waals surface area contributed by atoms with Gasteiger partial charge in [-0.15, -0.1) is 11.3 Å². The summed E-state index contributed by atoms with van der Waals surface area (Å²) in [5, 5.41) is 0.877. The molecule has 1 heterocycles. The van der Waals surface area contributed by atoms with E-state index in [-0.39, 0.29) is 5.15 Å². The van der Waals surface area contributed by atoms with Crippen molar-refractivity contribution in [2.75, 3.05) is 7.11 Å². The van der Waals surface area contributed by atoms with E-state index in [9.17, 15) is 4.79 Å². The summed E-state index contributed by atoms with van der Waals surface area (Å²) < 4.78 is 5.61. The Labute approximate surface area is 116 Å². The van der Waals surface area contributed by atoms with Crippen molar-refractivity contribution < 1.29 is 9.53 Å². The second-order valence-electron chi connectivity index (χ2n) is 3.14. The lowest BCUT2D eigenvalue weighted by Crippen LogP contribution is -1.98. The van der Waals surface area contributed by atoms with Crippen LogP contribution in [0.1, 0.15) is 9.67 Å². The van der Waals surface area contributed by atoms with E-state index < -0.39 is 5.97 Å². The zero-order valence-electron chi connectivity index (χ0n) is 8.74. The van der Waals surface area contributed by atoms with Crippen LogP contribution in [0, 0.1) is 0 Å². The quantitative estimate of drug-likeness (QED) is 0.780. The molecule has 0 N–H and O–H groups in total. The number of esters is 1. The van der Waals surface area contributed by atoms with Gasteiger partial charge in [0.15, 0.2) is 10.0 Å². The number of rotatable bonds is 2. The van der Waals surface area contributed by atoms with E-state index in [0.717, 1.165) is 10.0 Å². The molecule has 0 saturated heterocycles. The number of aromatic nitrogens is 1. The highest BCUT2D eigenvalue weighted by molar-refractivity contribution is 9.10. The first-order valence-corrected chi connectivity index (χ1v) is 6.61. The minimum atomic E-state index is -0.462. The number of halogens is 2. The fourth-order valence-corrected chi connectivity index (χ4v) is 2.71. The molecule has 6 heteroatoms. The van der Waals surface area contributed by atoms with Gasteiger partial charge >= 0.3 is 5.97 Å². The van der Waals surface area contributed by atoms with Crippen molar-refractivity contribution in [1.29, 1.82) is 0 Å². The summed E-state index contributed by atoms with van der Waals surface area (Å²) in [7, 11) is 1.32.